The molecule has 0 aromatic heterocycles. The van der Waals surface area contributed by atoms with Crippen molar-refractivity contribution in [3.8, 4) is 0 Å². The van der Waals surface area contributed by atoms with E-state index in [4.69, 9.17) is 16.3 Å². The van der Waals surface area contributed by atoms with E-state index in [0.717, 1.165) is 18.5 Å². The molecule has 1 saturated carbocycles. The maximum absolute atomic E-state index is 13.0. The first-order chi connectivity index (χ1) is 8.20. The molecular formula is C13H17ClFNO. The van der Waals surface area contributed by atoms with Crippen LogP contribution in [0.4, 0.5) is 10.1 Å². The third-order valence-electron chi connectivity index (χ3n) is 3.28. The van der Waals surface area contributed by atoms with Crippen LogP contribution in [-0.4, -0.2) is 19.3 Å². The summed E-state index contributed by atoms with van der Waals surface area (Å²) in [4.78, 5) is 0. The maximum Gasteiger partial charge on any atom is 0.141 e. The zero-order valence-electron chi connectivity index (χ0n) is 9.88. The number of methoxy groups -OCH3 is 1. The average Bonchev–Trinajstić information content (AvgIpc) is 2.34. The monoisotopic (exact) mass is 257 g/mol. The minimum Gasteiger partial charge on any atom is -0.380 e. The first kappa shape index (κ1) is 12.7. The van der Waals surface area contributed by atoms with Gasteiger partial charge in [-0.3, -0.25) is 0 Å². The Balaban J connectivity index is 2.05. The van der Waals surface area contributed by atoms with Gasteiger partial charge in [0.2, 0.25) is 0 Å². The van der Waals surface area contributed by atoms with E-state index in [2.05, 4.69) is 5.32 Å². The fraction of sp³-hybridized carbons (Fsp3) is 0.538. The van der Waals surface area contributed by atoms with E-state index >= 15 is 0 Å². The third-order valence-corrected chi connectivity index (χ3v) is 3.57. The molecule has 0 saturated heterocycles. The van der Waals surface area contributed by atoms with Crippen LogP contribution in [0, 0.1) is 5.82 Å². The summed E-state index contributed by atoms with van der Waals surface area (Å²) in [5, 5.41) is 3.53. The molecule has 4 heteroatoms. The van der Waals surface area contributed by atoms with Gasteiger partial charge in [-0.2, -0.15) is 0 Å². The van der Waals surface area contributed by atoms with E-state index in [0.29, 0.717) is 0 Å². The lowest BCUT2D eigenvalue weighted by atomic mass is 9.92. The first-order valence-electron chi connectivity index (χ1n) is 5.95. The highest BCUT2D eigenvalue weighted by atomic mass is 35.5. The van der Waals surface area contributed by atoms with Gasteiger partial charge in [-0.25, -0.2) is 4.39 Å². The van der Waals surface area contributed by atoms with Crippen molar-refractivity contribution >= 4 is 17.3 Å². The molecule has 1 N–H and O–H groups in total. The number of rotatable bonds is 3. The Morgan fingerprint density at radius 1 is 1.35 bits per heavy atom. The van der Waals surface area contributed by atoms with Crippen LogP contribution >= 0.6 is 11.6 Å². The Hall–Kier alpha value is -0.800. The van der Waals surface area contributed by atoms with Crippen molar-refractivity contribution < 1.29 is 9.13 Å². The predicted molar refractivity (Wildman–Crippen MR) is 68.1 cm³/mol. The molecule has 0 aliphatic heterocycles. The summed E-state index contributed by atoms with van der Waals surface area (Å²) >= 11 is 5.76. The van der Waals surface area contributed by atoms with Crippen molar-refractivity contribution in [2.24, 2.45) is 0 Å². The Morgan fingerprint density at radius 2 is 2.12 bits per heavy atom. The second-order valence-electron chi connectivity index (χ2n) is 4.44. The molecule has 2 nitrogen and oxygen atoms in total. The standard InChI is InChI=1S/C13H17ClFNO/c1-17-13-5-3-2-4-12(13)16-9-6-7-11(15)10(14)8-9/h6-8,12-13,16H,2-5H2,1H3. The molecule has 1 aliphatic rings. The van der Waals surface area contributed by atoms with Gasteiger partial charge in [0, 0.05) is 12.8 Å². The predicted octanol–water partition coefficient (Wildman–Crippen LogP) is 3.85. The molecule has 0 heterocycles. The minimum atomic E-state index is -0.385. The first-order valence-corrected chi connectivity index (χ1v) is 6.33. The topological polar surface area (TPSA) is 21.3 Å². The molecule has 17 heavy (non-hydrogen) atoms. The summed E-state index contributed by atoms with van der Waals surface area (Å²) in [6, 6.07) is 5.01. The number of anilines is 1. The Bertz CT molecular complexity index is 386. The van der Waals surface area contributed by atoms with Gasteiger partial charge in [0.15, 0.2) is 0 Å². The molecule has 0 amide bonds. The number of nitrogens with one attached hydrogen (secondary N) is 1. The average molecular weight is 258 g/mol. The molecular weight excluding hydrogens is 241 g/mol. The van der Waals surface area contributed by atoms with Crippen molar-refractivity contribution in [2.75, 3.05) is 12.4 Å². The zero-order valence-corrected chi connectivity index (χ0v) is 10.6. The van der Waals surface area contributed by atoms with E-state index in [-0.39, 0.29) is 23.0 Å². The molecule has 1 aromatic rings. The van der Waals surface area contributed by atoms with Crippen LogP contribution in [0.1, 0.15) is 25.7 Å². The largest absolute Gasteiger partial charge is 0.380 e. The molecule has 94 valence electrons. The van der Waals surface area contributed by atoms with Crippen molar-refractivity contribution in [3.05, 3.63) is 29.0 Å². The van der Waals surface area contributed by atoms with Crippen LogP contribution in [0.5, 0.6) is 0 Å². The summed E-state index contributed by atoms with van der Waals surface area (Å²) in [6.07, 6.45) is 4.79. The third kappa shape index (κ3) is 3.11. The van der Waals surface area contributed by atoms with Gasteiger partial charge < -0.3 is 10.1 Å². The second kappa shape index (κ2) is 5.69. The second-order valence-corrected chi connectivity index (χ2v) is 4.85. The Kier molecular flexibility index (Phi) is 4.24. The van der Waals surface area contributed by atoms with E-state index < -0.39 is 0 Å². The lowest BCUT2D eigenvalue weighted by molar-refractivity contribution is 0.0606. The minimum absolute atomic E-state index is 0.153. The lowest BCUT2D eigenvalue weighted by Gasteiger charge is -2.31. The highest BCUT2D eigenvalue weighted by Crippen LogP contribution is 2.26. The SMILES string of the molecule is COC1CCCCC1Nc1ccc(F)c(Cl)c1. The van der Waals surface area contributed by atoms with Crippen molar-refractivity contribution in [3.63, 3.8) is 0 Å². The fourth-order valence-corrected chi connectivity index (χ4v) is 2.52. The Morgan fingerprint density at radius 3 is 2.82 bits per heavy atom. The normalized spacial score (nSPS) is 24.6. The van der Waals surface area contributed by atoms with Crippen molar-refractivity contribution in [1.29, 1.82) is 0 Å². The molecule has 2 atom stereocenters. The van der Waals surface area contributed by atoms with Crippen LogP contribution in [0.25, 0.3) is 0 Å². The van der Waals surface area contributed by atoms with Crippen molar-refractivity contribution in [2.45, 2.75) is 37.8 Å². The molecule has 1 aliphatic carbocycles. The molecule has 2 unspecified atom stereocenters. The number of hydrogen-bond donors (Lipinski definition) is 1. The van der Waals surface area contributed by atoms with E-state index in [1.165, 1.54) is 18.9 Å². The summed E-state index contributed by atoms with van der Waals surface area (Å²) < 4.78 is 18.5. The van der Waals surface area contributed by atoms with E-state index in [1.807, 2.05) is 0 Å². The fourth-order valence-electron chi connectivity index (χ4n) is 2.34. The van der Waals surface area contributed by atoms with Gasteiger partial charge in [-0.05, 0) is 31.0 Å². The quantitative estimate of drug-likeness (QED) is 0.888. The van der Waals surface area contributed by atoms with Crippen LogP contribution in [-0.2, 0) is 4.74 Å². The summed E-state index contributed by atoms with van der Waals surface area (Å²) in [7, 11) is 1.74. The smallest absolute Gasteiger partial charge is 0.141 e. The molecule has 0 radical (unpaired) electrons. The van der Waals surface area contributed by atoms with E-state index in [9.17, 15) is 4.39 Å². The number of hydrogen-bond acceptors (Lipinski definition) is 2. The lowest BCUT2D eigenvalue weighted by Crippen LogP contribution is -2.37. The highest BCUT2D eigenvalue weighted by molar-refractivity contribution is 6.31. The molecule has 0 spiro atoms. The zero-order chi connectivity index (χ0) is 12.3. The van der Waals surface area contributed by atoms with Gasteiger partial charge in [0.1, 0.15) is 5.82 Å². The summed E-state index contributed by atoms with van der Waals surface area (Å²) in [5.74, 6) is -0.385. The van der Waals surface area contributed by atoms with Crippen LogP contribution in [0.3, 0.4) is 0 Å². The maximum atomic E-state index is 13.0. The van der Waals surface area contributed by atoms with Crippen LogP contribution < -0.4 is 5.32 Å². The molecule has 1 fully saturated rings. The number of benzene rings is 1. The molecule has 2 rings (SSSR count). The number of halogens is 2. The molecule has 0 bridgehead atoms. The van der Waals surface area contributed by atoms with Gasteiger partial charge in [0.25, 0.3) is 0 Å². The highest BCUT2D eigenvalue weighted by Gasteiger charge is 2.24. The van der Waals surface area contributed by atoms with Gasteiger partial charge in [-0.1, -0.05) is 24.4 Å². The Labute approximate surface area is 106 Å². The van der Waals surface area contributed by atoms with Gasteiger partial charge in [0.05, 0.1) is 17.2 Å². The van der Waals surface area contributed by atoms with Crippen LogP contribution in [0.15, 0.2) is 18.2 Å². The van der Waals surface area contributed by atoms with Gasteiger partial charge >= 0.3 is 0 Å². The van der Waals surface area contributed by atoms with Gasteiger partial charge in [-0.15, -0.1) is 0 Å². The van der Waals surface area contributed by atoms with Crippen LogP contribution in [0.2, 0.25) is 5.02 Å². The van der Waals surface area contributed by atoms with E-state index in [1.54, 1.807) is 19.2 Å². The summed E-state index contributed by atoms with van der Waals surface area (Å²) in [5.41, 5.74) is 0.852. The molecule has 1 aromatic carbocycles. The summed E-state index contributed by atoms with van der Waals surface area (Å²) in [6.45, 7) is 0. The number of ether oxygens (including phenoxy) is 1. The van der Waals surface area contributed by atoms with Crippen molar-refractivity contribution in [1.82, 2.24) is 0 Å².